The van der Waals surface area contributed by atoms with Crippen molar-refractivity contribution in [1.29, 1.82) is 0 Å². The molecule has 0 atom stereocenters. The Bertz CT molecular complexity index is 644. The van der Waals surface area contributed by atoms with E-state index in [-0.39, 0.29) is 0 Å². The summed E-state index contributed by atoms with van der Waals surface area (Å²) in [4.78, 5) is 4.56. The minimum atomic E-state index is 0.489. The summed E-state index contributed by atoms with van der Waals surface area (Å²) in [6.07, 6.45) is 7.57. The Balaban J connectivity index is 2.51. The van der Waals surface area contributed by atoms with Crippen LogP contribution in [0.3, 0.4) is 0 Å². The van der Waals surface area contributed by atoms with Crippen LogP contribution in [-0.2, 0) is 0 Å². The molecule has 19 heavy (non-hydrogen) atoms. The van der Waals surface area contributed by atoms with Crippen LogP contribution in [0.4, 0.5) is 0 Å². The van der Waals surface area contributed by atoms with Gasteiger partial charge in [-0.15, -0.1) is 0 Å². The van der Waals surface area contributed by atoms with Gasteiger partial charge in [-0.2, -0.15) is 0 Å². The van der Waals surface area contributed by atoms with E-state index >= 15 is 0 Å². The first-order chi connectivity index (χ1) is 9.15. The van der Waals surface area contributed by atoms with Crippen molar-refractivity contribution in [3.05, 3.63) is 60.5 Å². The maximum atomic E-state index is 5.79. The fourth-order valence-corrected chi connectivity index (χ4v) is 1.93. The van der Waals surface area contributed by atoms with Gasteiger partial charge in [0.05, 0.1) is 0 Å². The molecule has 0 unspecified atom stereocenters. The summed E-state index contributed by atoms with van der Waals surface area (Å²) in [5.74, 6) is 1.12. The van der Waals surface area contributed by atoms with Crippen molar-refractivity contribution in [2.24, 2.45) is 0 Å². The van der Waals surface area contributed by atoms with Crippen LogP contribution in [0, 0.1) is 0 Å². The molecule has 0 aliphatic carbocycles. The summed E-state index contributed by atoms with van der Waals surface area (Å²) in [7, 11) is 0. The quantitative estimate of drug-likeness (QED) is 0.709. The molecule has 2 aromatic rings. The molecule has 0 N–H and O–H groups in total. The van der Waals surface area contributed by atoms with Gasteiger partial charge >= 0.3 is 0 Å². The van der Waals surface area contributed by atoms with E-state index in [0.717, 1.165) is 16.7 Å². The number of allylic oxidation sites excluding steroid dienone is 5. The molecule has 0 fully saturated rings. The van der Waals surface area contributed by atoms with Gasteiger partial charge in [-0.25, -0.2) is 4.98 Å². The Morgan fingerprint density at radius 2 is 2.16 bits per heavy atom. The Kier molecular flexibility index (Phi) is 4.00. The largest absolute Gasteiger partial charge is 0.436 e. The molecule has 1 aromatic heterocycles. The summed E-state index contributed by atoms with van der Waals surface area (Å²) < 4.78 is 5.79. The lowest BCUT2D eigenvalue weighted by Crippen LogP contribution is -1.85. The first kappa shape index (κ1) is 13.3. The van der Waals surface area contributed by atoms with Gasteiger partial charge in [0.1, 0.15) is 5.52 Å². The molecule has 0 bridgehead atoms. The Morgan fingerprint density at radius 1 is 1.37 bits per heavy atom. The highest BCUT2D eigenvalue weighted by Crippen LogP contribution is 2.25. The fourth-order valence-electron chi connectivity index (χ4n) is 1.93. The summed E-state index contributed by atoms with van der Waals surface area (Å²) in [6, 6.07) is 6.17. The SMILES string of the molecule is C=C/C=C(\C=C/C)c1nc2cc(C(C)C)ccc2o1. The van der Waals surface area contributed by atoms with E-state index < -0.39 is 0 Å². The number of aromatic nitrogens is 1. The minimum absolute atomic E-state index is 0.489. The van der Waals surface area contributed by atoms with Crippen molar-refractivity contribution in [2.75, 3.05) is 0 Å². The van der Waals surface area contributed by atoms with Gasteiger partial charge in [-0.3, -0.25) is 0 Å². The molecule has 0 saturated heterocycles. The van der Waals surface area contributed by atoms with E-state index in [9.17, 15) is 0 Å². The molecular weight excluding hydrogens is 234 g/mol. The topological polar surface area (TPSA) is 26.0 Å². The molecule has 1 heterocycles. The number of rotatable bonds is 4. The number of hydrogen-bond donors (Lipinski definition) is 0. The maximum Gasteiger partial charge on any atom is 0.227 e. The number of fused-ring (bicyclic) bond motifs is 1. The molecule has 2 nitrogen and oxygen atoms in total. The normalized spacial score (nSPS) is 12.7. The van der Waals surface area contributed by atoms with E-state index in [2.05, 4.69) is 37.5 Å². The van der Waals surface area contributed by atoms with Crippen LogP contribution in [0.25, 0.3) is 16.7 Å². The summed E-state index contributed by atoms with van der Waals surface area (Å²) in [5.41, 5.74) is 3.92. The van der Waals surface area contributed by atoms with Crippen LogP contribution >= 0.6 is 0 Å². The Labute approximate surface area is 114 Å². The minimum Gasteiger partial charge on any atom is -0.436 e. The summed E-state index contributed by atoms with van der Waals surface area (Å²) in [5, 5.41) is 0. The molecule has 0 spiro atoms. The average Bonchev–Trinajstić information content (AvgIpc) is 2.80. The van der Waals surface area contributed by atoms with Gasteiger partial charge in [0.2, 0.25) is 5.89 Å². The summed E-state index contributed by atoms with van der Waals surface area (Å²) >= 11 is 0. The second kappa shape index (κ2) is 5.70. The third kappa shape index (κ3) is 2.84. The molecule has 1 aromatic carbocycles. The van der Waals surface area contributed by atoms with Gasteiger partial charge in [-0.05, 0) is 30.5 Å². The van der Waals surface area contributed by atoms with Gasteiger partial charge < -0.3 is 4.42 Å². The molecule has 0 saturated carbocycles. The first-order valence-corrected chi connectivity index (χ1v) is 6.52. The van der Waals surface area contributed by atoms with E-state index in [0.29, 0.717) is 11.8 Å². The highest BCUT2D eigenvalue weighted by Gasteiger charge is 2.09. The molecular formula is C17H19NO. The smallest absolute Gasteiger partial charge is 0.227 e. The second-order valence-electron chi connectivity index (χ2n) is 4.76. The predicted octanol–water partition coefficient (Wildman–Crippen LogP) is 5.10. The van der Waals surface area contributed by atoms with Crippen LogP contribution in [0.15, 0.2) is 53.5 Å². The lowest BCUT2D eigenvalue weighted by atomic mass is 10.0. The number of hydrogen-bond acceptors (Lipinski definition) is 2. The molecule has 0 aliphatic rings. The van der Waals surface area contributed by atoms with Crippen molar-refractivity contribution >= 4 is 16.7 Å². The van der Waals surface area contributed by atoms with Crippen molar-refractivity contribution in [1.82, 2.24) is 4.98 Å². The zero-order valence-electron chi connectivity index (χ0n) is 11.7. The number of oxazole rings is 1. The highest BCUT2D eigenvalue weighted by atomic mass is 16.3. The number of nitrogens with zero attached hydrogens (tertiary/aromatic N) is 1. The molecule has 0 amide bonds. The van der Waals surface area contributed by atoms with E-state index in [1.54, 1.807) is 6.08 Å². The second-order valence-corrected chi connectivity index (χ2v) is 4.76. The van der Waals surface area contributed by atoms with Gasteiger partial charge in [0.25, 0.3) is 0 Å². The predicted molar refractivity (Wildman–Crippen MR) is 81.1 cm³/mol. The number of benzene rings is 1. The lowest BCUT2D eigenvalue weighted by molar-refractivity contribution is 0.585. The fraction of sp³-hybridized carbons (Fsp3) is 0.235. The summed E-state index contributed by atoms with van der Waals surface area (Å²) in [6.45, 7) is 10.0. The van der Waals surface area contributed by atoms with E-state index in [1.165, 1.54) is 5.56 Å². The standard InChI is InChI=1S/C17H19NO/c1-5-7-13(8-6-2)17-18-15-11-14(12(3)4)9-10-16(15)19-17/h5-12H,1H2,2-4H3/b8-6-,13-7+. The van der Waals surface area contributed by atoms with Crippen LogP contribution in [0.1, 0.15) is 38.1 Å². The Morgan fingerprint density at radius 3 is 2.79 bits per heavy atom. The molecule has 2 rings (SSSR count). The lowest BCUT2D eigenvalue weighted by Gasteiger charge is -2.02. The van der Waals surface area contributed by atoms with Crippen LogP contribution in [-0.4, -0.2) is 4.98 Å². The monoisotopic (exact) mass is 253 g/mol. The van der Waals surface area contributed by atoms with Crippen LogP contribution in [0.2, 0.25) is 0 Å². The van der Waals surface area contributed by atoms with Crippen molar-refractivity contribution < 1.29 is 4.42 Å². The van der Waals surface area contributed by atoms with Gasteiger partial charge in [-0.1, -0.05) is 50.8 Å². The highest BCUT2D eigenvalue weighted by molar-refractivity contribution is 5.79. The molecule has 98 valence electrons. The van der Waals surface area contributed by atoms with Crippen LogP contribution < -0.4 is 0 Å². The van der Waals surface area contributed by atoms with E-state index in [4.69, 9.17) is 4.42 Å². The maximum absolute atomic E-state index is 5.79. The average molecular weight is 253 g/mol. The van der Waals surface area contributed by atoms with Crippen molar-refractivity contribution in [3.63, 3.8) is 0 Å². The van der Waals surface area contributed by atoms with Crippen molar-refractivity contribution in [2.45, 2.75) is 26.7 Å². The van der Waals surface area contributed by atoms with Crippen LogP contribution in [0.5, 0.6) is 0 Å². The zero-order chi connectivity index (χ0) is 13.8. The molecule has 0 radical (unpaired) electrons. The third-order valence-electron chi connectivity index (χ3n) is 2.97. The zero-order valence-corrected chi connectivity index (χ0v) is 11.7. The van der Waals surface area contributed by atoms with Gasteiger partial charge in [0.15, 0.2) is 5.58 Å². The Hall–Kier alpha value is -2.09. The van der Waals surface area contributed by atoms with Crippen molar-refractivity contribution in [3.8, 4) is 0 Å². The van der Waals surface area contributed by atoms with E-state index in [1.807, 2.05) is 31.2 Å². The third-order valence-corrected chi connectivity index (χ3v) is 2.97. The van der Waals surface area contributed by atoms with Gasteiger partial charge in [0, 0.05) is 5.57 Å². The molecule has 0 aliphatic heterocycles. The molecule has 2 heteroatoms. The first-order valence-electron chi connectivity index (χ1n) is 6.52.